The van der Waals surface area contributed by atoms with Gasteiger partial charge in [-0.2, -0.15) is 0 Å². The molecular weight excluding hydrogens is 220 g/mol. The fourth-order valence-corrected chi connectivity index (χ4v) is 2.49. The summed E-state index contributed by atoms with van der Waals surface area (Å²) in [6.45, 7) is 8.01. The second-order valence-electron chi connectivity index (χ2n) is 5.85. The van der Waals surface area contributed by atoms with Gasteiger partial charge in [-0.05, 0) is 44.4 Å². The van der Waals surface area contributed by atoms with Gasteiger partial charge >= 0.3 is 0 Å². The molecule has 1 aromatic carbocycles. The first-order valence-corrected chi connectivity index (χ1v) is 7.16. The minimum Gasteiger partial charge on any atom is -0.368 e. The standard InChI is InChI=1S/C16H26N2/c1-12(2)11-18(14-9-10-14)16-8-6-5-7-15(16)13(3)17-4/h5-8,12-14,17H,9-11H2,1-4H3. The van der Waals surface area contributed by atoms with E-state index in [1.807, 2.05) is 7.05 Å². The Hall–Kier alpha value is -1.02. The van der Waals surface area contributed by atoms with Crippen molar-refractivity contribution >= 4 is 5.69 Å². The average molecular weight is 246 g/mol. The van der Waals surface area contributed by atoms with Crippen LogP contribution >= 0.6 is 0 Å². The van der Waals surface area contributed by atoms with Crippen LogP contribution in [0.4, 0.5) is 5.69 Å². The lowest BCUT2D eigenvalue weighted by Crippen LogP contribution is -2.31. The second kappa shape index (κ2) is 5.75. The van der Waals surface area contributed by atoms with Crippen molar-refractivity contribution in [1.29, 1.82) is 0 Å². The lowest BCUT2D eigenvalue weighted by molar-refractivity contribution is 0.596. The highest BCUT2D eigenvalue weighted by Gasteiger charge is 2.31. The van der Waals surface area contributed by atoms with Crippen LogP contribution in [-0.4, -0.2) is 19.6 Å². The summed E-state index contributed by atoms with van der Waals surface area (Å²) in [7, 11) is 2.03. The lowest BCUT2D eigenvalue weighted by Gasteiger charge is -2.30. The summed E-state index contributed by atoms with van der Waals surface area (Å²) in [4.78, 5) is 2.62. The quantitative estimate of drug-likeness (QED) is 0.825. The summed E-state index contributed by atoms with van der Waals surface area (Å²) in [5.74, 6) is 0.712. The molecule has 1 fully saturated rings. The van der Waals surface area contributed by atoms with Gasteiger partial charge in [0.15, 0.2) is 0 Å². The van der Waals surface area contributed by atoms with Gasteiger partial charge in [0.05, 0.1) is 0 Å². The van der Waals surface area contributed by atoms with E-state index >= 15 is 0 Å². The van der Waals surface area contributed by atoms with E-state index in [-0.39, 0.29) is 0 Å². The van der Waals surface area contributed by atoms with Crippen LogP contribution in [0.15, 0.2) is 24.3 Å². The highest BCUT2D eigenvalue weighted by molar-refractivity contribution is 5.56. The van der Waals surface area contributed by atoms with Crippen LogP contribution in [0.1, 0.15) is 45.2 Å². The van der Waals surface area contributed by atoms with E-state index in [0.717, 1.165) is 12.6 Å². The molecule has 2 heteroatoms. The summed E-state index contributed by atoms with van der Waals surface area (Å²) in [5.41, 5.74) is 2.85. The van der Waals surface area contributed by atoms with Crippen LogP contribution in [0.3, 0.4) is 0 Å². The predicted octanol–water partition coefficient (Wildman–Crippen LogP) is 3.59. The Balaban J connectivity index is 2.28. The van der Waals surface area contributed by atoms with Crippen molar-refractivity contribution in [2.75, 3.05) is 18.5 Å². The molecule has 0 bridgehead atoms. The Labute approximate surface area is 111 Å². The molecule has 1 atom stereocenters. The first-order valence-electron chi connectivity index (χ1n) is 7.16. The zero-order chi connectivity index (χ0) is 13.1. The summed E-state index contributed by atoms with van der Waals surface area (Å²) in [6.07, 6.45) is 2.71. The molecular formula is C16H26N2. The summed E-state index contributed by atoms with van der Waals surface area (Å²) >= 11 is 0. The van der Waals surface area contributed by atoms with Crippen LogP contribution in [0, 0.1) is 5.92 Å². The molecule has 0 amide bonds. The molecule has 1 saturated carbocycles. The van der Waals surface area contributed by atoms with Gasteiger partial charge in [-0.3, -0.25) is 0 Å². The third-order valence-electron chi connectivity index (χ3n) is 3.70. The monoisotopic (exact) mass is 246 g/mol. The van der Waals surface area contributed by atoms with Crippen LogP contribution in [0.2, 0.25) is 0 Å². The molecule has 100 valence electrons. The molecule has 1 unspecified atom stereocenters. The van der Waals surface area contributed by atoms with E-state index in [1.165, 1.54) is 24.1 Å². The largest absolute Gasteiger partial charge is 0.368 e. The number of para-hydroxylation sites is 1. The molecule has 0 aliphatic heterocycles. The fourth-order valence-electron chi connectivity index (χ4n) is 2.49. The highest BCUT2D eigenvalue weighted by Crippen LogP contribution is 2.36. The van der Waals surface area contributed by atoms with Gasteiger partial charge in [0, 0.05) is 24.3 Å². The molecule has 2 nitrogen and oxygen atoms in total. The number of hydrogen-bond donors (Lipinski definition) is 1. The van der Waals surface area contributed by atoms with Crippen LogP contribution < -0.4 is 10.2 Å². The van der Waals surface area contributed by atoms with Crippen molar-refractivity contribution in [2.45, 2.75) is 45.7 Å². The second-order valence-corrected chi connectivity index (χ2v) is 5.85. The third kappa shape index (κ3) is 3.05. The Kier molecular flexibility index (Phi) is 4.28. The van der Waals surface area contributed by atoms with E-state index in [0.29, 0.717) is 12.0 Å². The van der Waals surface area contributed by atoms with Gasteiger partial charge in [0.2, 0.25) is 0 Å². The Morgan fingerprint density at radius 3 is 2.44 bits per heavy atom. The minimum absolute atomic E-state index is 0.412. The van der Waals surface area contributed by atoms with Crippen molar-refractivity contribution in [3.8, 4) is 0 Å². The molecule has 2 rings (SSSR count). The van der Waals surface area contributed by atoms with E-state index < -0.39 is 0 Å². The van der Waals surface area contributed by atoms with E-state index in [2.05, 4.69) is 55.3 Å². The predicted molar refractivity (Wildman–Crippen MR) is 79.1 cm³/mol. The topological polar surface area (TPSA) is 15.3 Å². The van der Waals surface area contributed by atoms with Crippen molar-refractivity contribution in [3.05, 3.63) is 29.8 Å². The number of benzene rings is 1. The molecule has 1 aliphatic rings. The van der Waals surface area contributed by atoms with Gasteiger partial charge in [-0.25, -0.2) is 0 Å². The first kappa shape index (κ1) is 13.4. The maximum absolute atomic E-state index is 3.36. The third-order valence-corrected chi connectivity index (χ3v) is 3.70. The number of nitrogens with zero attached hydrogens (tertiary/aromatic N) is 1. The van der Waals surface area contributed by atoms with Crippen molar-refractivity contribution < 1.29 is 0 Å². The van der Waals surface area contributed by atoms with Crippen molar-refractivity contribution in [2.24, 2.45) is 5.92 Å². The van der Waals surface area contributed by atoms with Crippen LogP contribution in [-0.2, 0) is 0 Å². The number of rotatable bonds is 6. The highest BCUT2D eigenvalue weighted by atomic mass is 15.2. The SMILES string of the molecule is CNC(C)c1ccccc1N(CC(C)C)C1CC1. The molecule has 1 aliphatic carbocycles. The van der Waals surface area contributed by atoms with Crippen molar-refractivity contribution in [1.82, 2.24) is 5.32 Å². The van der Waals surface area contributed by atoms with Crippen LogP contribution in [0.25, 0.3) is 0 Å². The normalized spacial score (nSPS) is 16.9. The van der Waals surface area contributed by atoms with E-state index in [1.54, 1.807) is 0 Å². The zero-order valence-electron chi connectivity index (χ0n) is 12.1. The fraction of sp³-hybridized carbons (Fsp3) is 0.625. The Morgan fingerprint density at radius 1 is 1.22 bits per heavy atom. The van der Waals surface area contributed by atoms with E-state index in [4.69, 9.17) is 0 Å². The number of anilines is 1. The summed E-state index contributed by atoms with van der Waals surface area (Å²) in [6, 6.07) is 10.0. The maximum atomic E-state index is 3.36. The Morgan fingerprint density at radius 2 is 1.89 bits per heavy atom. The molecule has 0 spiro atoms. The van der Waals surface area contributed by atoms with Crippen LogP contribution in [0.5, 0.6) is 0 Å². The van der Waals surface area contributed by atoms with Gasteiger partial charge in [-0.15, -0.1) is 0 Å². The average Bonchev–Trinajstić information content (AvgIpc) is 3.19. The number of hydrogen-bond acceptors (Lipinski definition) is 2. The maximum Gasteiger partial charge on any atom is 0.0417 e. The lowest BCUT2D eigenvalue weighted by atomic mass is 10.0. The summed E-state index contributed by atoms with van der Waals surface area (Å²) < 4.78 is 0. The first-order chi connectivity index (χ1) is 8.63. The van der Waals surface area contributed by atoms with Gasteiger partial charge < -0.3 is 10.2 Å². The molecule has 0 heterocycles. The molecule has 0 radical (unpaired) electrons. The molecule has 1 aromatic rings. The zero-order valence-corrected chi connectivity index (χ0v) is 12.1. The minimum atomic E-state index is 0.412. The number of nitrogens with one attached hydrogen (secondary N) is 1. The molecule has 0 saturated heterocycles. The van der Waals surface area contributed by atoms with Gasteiger partial charge in [0.25, 0.3) is 0 Å². The molecule has 18 heavy (non-hydrogen) atoms. The smallest absolute Gasteiger partial charge is 0.0417 e. The molecule has 1 N–H and O–H groups in total. The molecule has 0 aromatic heterocycles. The van der Waals surface area contributed by atoms with Gasteiger partial charge in [0.1, 0.15) is 0 Å². The van der Waals surface area contributed by atoms with E-state index in [9.17, 15) is 0 Å². The Bertz CT molecular complexity index is 382. The van der Waals surface area contributed by atoms with Gasteiger partial charge in [-0.1, -0.05) is 32.0 Å². The summed E-state index contributed by atoms with van der Waals surface area (Å²) in [5, 5.41) is 3.36. The van der Waals surface area contributed by atoms with Crippen molar-refractivity contribution in [3.63, 3.8) is 0 Å².